The molecule has 62 heavy (non-hydrogen) atoms. The second-order valence-electron chi connectivity index (χ2n) is 15.4. The van der Waals surface area contributed by atoms with Gasteiger partial charge in [0.2, 0.25) is 0 Å². The Bertz CT molecular complexity index is 2830. The van der Waals surface area contributed by atoms with Crippen LogP contribution >= 0.6 is 0 Å². The lowest BCUT2D eigenvalue weighted by atomic mass is 9.91. The van der Waals surface area contributed by atoms with Gasteiger partial charge in [0, 0.05) is 48.7 Å². The minimum Gasteiger partial charge on any atom is -0.321 e. The van der Waals surface area contributed by atoms with E-state index < -0.39 is 0 Å². The fourth-order valence-corrected chi connectivity index (χ4v) is 7.90. The lowest BCUT2D eigenvalue weighted by Gasteiger charge is -2.22. The maximum absolute atomic E-state index is 13.3. The number of H-pyrrole nitrogens is 2. The monoisotopic (exact) mass is 832 g/mol. The Labute approximate surface area is 354 Å². The van der Waals surface area contributed by atoms with Gasteiger partial charge < -0.3 is 19.1 Å². The molecule has 0 radical (unpaired) electrons. The molecule has 0 bridgehead atoms. The van der Waals surface area contributed by atoms with Crippen molar-refractivity contribution in [1.82, 2.24) is 58.6 Å². The zero-order chi connectivity index (χ0) is 42.7. The second kappa shape index (κ2) is 17.2. The molecule has 2 N–H and O–H groups in total. The van der Waals surface area contributed by atoms with Crippen molar-refractivity contribution in [3.63, 3.8) is 0 Å². The molecule has 2 aromatic carbocycles. The number of hydrogen-bond donors (Lipinski definition) is 2. The molecule has 312 valence electrons. The molecule has 2 atom stereocenters. The molecule has 0 aliphatic carbocycles. The van der Waals surface area contributed by atoms with Crippen molar-refractivity contribution in [1.29, 1.82) is 0 Å². The molecule has 14 nitrogen and oxygen atoms in total. The van der Waals surface area contributed by atoms with Crippen LogP contribution in [0.15, 0.2) is 107 Å². The number of benzene rings is 2. The molecule has 8 aromatic rings. The lowest BCUT2D eigenvalue weighted by Crippen LogP contribution is -2.17. The van der Waals surface area contributed by atoms with Crippen molar-refractivity contribution < 1.29 is 8.78 Å². The van der Waals surface area contributed by atoms with Crippen LogP contribution in [0.25, 0.3) is 35.7 Å². The number of halogens is 2. The molecular weight excluding hydrogens is 791 g/mol. The number of aromatic amines is 2. The Morgan fingerprint density at radius 2 is 1.00 bits per heavy atom. The first-order valence-electron chi connectivity index (χ1n) is 20.4. The summed E-state index contributed by atoms with van der Waals surface area (Å²) in [6.07, 6.45) is 17.9. The van der Waals surface area contributed by atoms with Gasteiger partial charge in [0.25, 0.3) is 11.1 Å². The van der Waals surface area contributed by atoms with Gasteiger partial charge in [-0.05, 0) is 123 Å². The summed E-state index contributed by atoms with van der Waals surface area (Å²) in [5.74, 6) is 2.65. The van der Waals surface area contributed by atoms with Crippen LogP contribution in [0.2, 0.25) is 0 Å². The van der Waals surface area contributed by atoms with Gasteiger partial charge in [-0.3, -0.25) is 9.59 Å². The molecular formula is C46H42F2N12O2. The van der Waals surface area contributed by atoms with Crippen LogP contribution in [0.4, 0.5) is 8.78 Å². The summed E-state index contributed by atoms with van der Waals surface area (Å²) in [4.78, 5) is 48.3. The molecule has 8 heterocycles. The first kappa shape index (κ1) is 39.8. The van der Waals surface area contributed by atoms with Gasteiger partial charge in [-0.25, -0.2) is 38.1 Å². The fourth-order valence-electron chi connectivity index (χ4n) is 7.90. The summed E-state index contributed by atoms with van der Waals surface area (Å²) in [5.41, 5.74) is 5.71. The molecule has 0 unspecified atom stereocenters. The highest BCUT2D eigenvalue weighted by atomic mass is 19.1. The Kier molecular flexibility index (Phi) is 11.0. The highest BCUT2D eigenvalue weighted by Crippen LogP contribution is 2.33. The summed E-state index contributed by atoms with van der Waals surface area (Å²) >= 11 is 0. The summed E-state index contributed by atoms with van der Waals surface area (Å²) in [6.45, 7) is 5.37. The van der Waals surface area contributed by atoms with E-state index in [1.165, 1.54) is 24.3 Å². The number of imidazole rings is 2. The summed E-state index contributed by atoms with van der Waals surface area (Å²) in [6, 6.07) is 20.4. The number of aryl methyl sites for hydroxylation is 4. The zero-order valence-electron chi connectivity index (χ0n) is 34.0. The molecule has 0 saturated heterocycles. The Morgan fingerprint density at radius 1 is 0.581 bits per heavy atom. The van der Waals surface area contributed by atoms with Crippen LogP contribution < -0.4 is 11.1 Å². The van der Waals surface area contributed by atoms with Crippen LogP contribution in [0.1, 0.15) is 94.7 Å². The average molecular weight is 833 g/mol. The minimum absolute atomic E-state index is 0.0988. The molecule has 2 aliphatic rings. The van der Waals surface area contributed by atoms with Gasteiger partial charge in [-0.2, -0.15) is 10.2 Å². The van der Waals surface area contributed by atoms with Gasteiger partial charge in [-0.15, -0.1) is 0 Å². The molecule has 0 spiro atoms. The topological polar surface area (TPSA) is 163 Å². The number of nitrogens with zero attached hydrogens (tertiary/aromatic N) is 10. The van der Waals surface area contributed by atoms with Crippen molar-refractivity contribution >= 4 is 24.3 Å². The standard InChI is InChI=1S/2C23H21FN6O/c2*1-15-13-29(14-25-15)20-10-8-18(26-23(20)31)9-11-21-27-22-19(3-2-12-30(22)28-21)16-4-6-17(24)7-5-16/h2*4-11,13-14,19H,2-3,12H2,1H3,(H,26,31)/b2*11-9+/t2*19-/m10/s1. The van der Waals surface area contributed by atoms with E-state index in [4.69, 9.17) is 9.97 Å². The van der Waals surface area contributed by atoms with E-state index in [-0.39, 0.29) is 34.6 Å². The molecule has 6 aromatic heterocycles. The van der Waals surface area contributed by atoms with Crippen LogP contribution in [0, 0.1) is 25.5 Å². The third-order valence-corrected chi connectivity index (χ3v) is 11.0. The number of nitrogens with one attached hydrogen (secondary N) is 2. The van der Waals surface area contributed by atoms with E-state index in [0.717, 1.165) is 72.9 Å². The number of rotatable bonds is 8. The Hall–Kier alpha value is -7.62. The van der Waals surface area contributed by atoms with Crippen LogP contribution in [-0.2, 0) is 13.1 Å². The largest absolute Gasteiger partial charge is 0.321 e. The number of hydrogen-bond acceptors (Lipinski definition) is 8. The van der Waals surface area contributed by atoms with Crippen molar-refractivity contribution in [3.05, 3.63) is 187 Å². The van der Waals surface area contributed by atoms with E-state index in [0.29, 0.717) is 34.4 Å². The van der Waals surface area contributed by atoms with E-state index in [2.05, 4.69) is 30.1 Å². The van der Waals surface area contributed by atoms with Gasteiger partial charge >= 0.3 is 0 Å². The first-order valence-corrected chi connectivity index (χ1v) is 20.4. The Balaban J connectivity index is 0.000000158. The number of aromatic nitrogens is 12. The number of fused-ring (bicyclic) bond motifs is 2. The summed E-state index contributed by atoms with van der Waals surface area (Å²) in [7, 11) is 0. The minimum atomic E-state index is -0.243. The van der Waals surface area contributed by atoms with E-state index in [1.54, 1.807) is 70.6 Å². The van der Waals surface area contributed by atoms with Gasteiger partial charge in [0.05, 0.1) is 24.0 Å². The fraction of sp³-hybridized carbons (Fsp3) is 0.217. The predicted octanol–water partition coefficient (Wildman–Crippen LogP) is 7.39. The highest BCUT2D eigenvalue weighted by molar-refractivity contribution is 5.65. The van der Waals surface area contributed by atoms with E-state index in [1.807, 2.05) is 59.6 Å². The quantitative estimate of drug-likeness (QED) is 0.160. The normalized spacial score (nSPS) is 16.0. The molecule has 0 saturated carbocycles. The highest BCUT2D eigenvalue weighted by Gasteiger charge is 2.26. The number of pyridine rings is 2. The average Bonchev–Trinajstić information content (AvgIpc) is 4.10. The molecule has 2 aliphatic heterocycles. The third-order valence-electron chi connectivity index (χ3n) is 11.0. The smallest absolute Gasteiger partial charge is 0.272 e. The van der Waals surface area contributed by atoms with E-state index in [9.17, 15) is 18.4 Å². The van der Waals surface area contributed by atoms with Crippen LogP contribution in [-0.4, -0.2) is 58.6 Å². The van der Waals surface area contributed by atoms with Crippen LogP contribution in [0.5, 0.6) is 0 Å². The van der Waals surface area contributed by atoms with Gasteiger partial charge in [0.15, 0.2) is 11.6 Å². The summed E-state index contributed by atoms with van der Waals surface area (Å²) in [5, 5.41) is 9.18. The molecule has 16 heteroatoms. The van der Waals surface area contributed by atoms with Gasteiger partial charge in [-0.1, -0.05) is 24.3 Å². The predicted molar refractivity (Wildman–Crippen MR) is 231 cm³/mol. The van der Waals surface area contributed by atoms with Gasteiger partial charge in [0.1, 0.15) is 34.7 Å². The van der Waals surface area contributed by atoms with Crippen molar-refractivity contribution in [3.8, 4) is 11.4 Å². The molecule has 0 fully saturated rings. The van der Waals surface area contributed by atoms with Crippen molar-refractivity contribution in [2.45, 2.75) is 64.5 Å². The molecule has 10 rings (SSSR count). The third kappa shape index (κ3) is 8.66. The lowest BCUT2D eigenvalue weighted by molar-refractivity contribution is 0.445. The SMILES string of the molecule is Cc1cn(-c2ccc(/C=C/c3nc4n(n3)CCC[C@@H]4c3ccc(F)cc3)[nH]c2=O)cn1.Cc1cn(-c2ccc(/C=C/c3nc4n(n3)CCC[C@H]4c3ccc(F)cc3)[nH]c2=O)cn1. The first-order chi connectivity index (χ1) is 30.1. The molecule has 0 amide bonds. The Morgan fingerprint density at radius 3 is 1.37 bits per heavy atom. The maximum atomic E-state index is 13.3. The van der Waals surface area contributed by atoms with Crippen molar-refractivity contribution in [2.75, 3.05) is 0 Å². The summed E-state index contributed by atoms with van der Waals surface area (Å²) < 4.78 is 33.8. The second-order valence-corrected chi connectivity index (χ2v) is 15.4. The van der Waals surface area contributed by atoms with E-state index >= 15 is 0 Å². The maximum Gasteiger partial charge on any atom is 0.272 e. The van der Waals surface area contributed by atoms with Crippen LogP contribution in [0.3, 0.4) is 0 Å². The van der Waals surface area contributed by atoms with Crippen molar-refractivity contribution in [2.24, 2.45) is 0 Å². The zero-order valence-corrected chi connectivity index (χ0v) is 34.0.